The van der Waals surface area contributed by atoms with E-state index in [-0.39, 0.29) is 0 Å². The van der Waals surface area contributed by atoms with Crippen LogP contribution in [0, 0.1) is 11.3 Å². The molecule has 13 heavy (non-hydrogen) atoms. The van der Waals surface area contributed by atoms with Crippen molar-refractivity contribution in [3.05, 3.63) is 35.4 Å². The maximum absolute atomic E-state index is 8.57. The van der Waals surface area contributed by atoms with Gasteiger partial charge in [0.05, 0.1) is 11.6 Å². The molecule has 0 atom stereocenters. The van der Waals surface area contributed by atoms with Crippen LogP contribution in [0.3, 0.4) is 0 Å². The fourth-order valence-electron chi connectivity index (χ4n) is 0.949. The second kappa shape index (κ2) is 5.63. The number of nitrogens with zero attached hydrogens (tertiary/aromatic N) is 1. The molecule has 0 aliphatic carbocycles. The molecule has 0 amide bonds. The maximum atomic E-state index is 8.57. The van der Waals surface area contributed by atoms with Crippen LogP contribution < -0.4 is 5.73 Å². The first-order chi connectivity index (χ1) is 6.36. The Bertz CT molecular complexity index is 287. The Hall–Kier alpha value is -0.980. The molecule has 0 aliphatic heterocycles. The molecule has 0 saturated carbocycles. The van der Waals surface area contributed by atoms with Crippen molar-refractivity contribution in [2.24, 2.45) is 5.73 Å². The van der Waals surface area contributed by atoms with E-state index in [1.807, 2.05) is 36.0 Å². The molecule has 2 N–H and O–H groups in total. The average Bonchev–Trinajstić information content (AvgIpc) is 2.19. The van der Waals surface area contributed by atoms with Crippen LogP contribution in [-0.2, 0) is 5.75 Å². The van der Waals surface area contributed by atoms with E-state index in [0.717, 1.165) is 18.1 Å². The molecule has 0 unspecified atom stereocenters. The van der Waals surface area contributed by atoms with Crippen molar-refractivity contribution in [2.75, 3.05) is 12.3 Å². The minimum absolute atomic E-state index is 0.715. The van der Waals surface area contributed by atoms with Gasteiger partial charge in [-0.15, -0.1) is 0 Å². The molecule has 3 heteroatoms. The highest BCUT2D eigenvalue weighted by Crippen LogP contribution is 2.11. The summed E-state index contributed by atoms with van der Waals surface area (Å²) >= 11 is 1.81. The average molecular weight is 192 g/mol. The molecule has 0 saturated heterocycles. The van der Waals surface area contributed by atoms with Crippen LogP contribution in [0.2, 0.25) is 0 Å². The summed E-state index contributed by atoms with van der Waals surface area (Å²) < 4.78 is 0. The first-order valence-corrected chi connectivity index (χ1v) is 5.29. The number of benzene rings is 1. The van der Waals surface area contributed by atoms with Gasteiger partial charge in [-0.2, -0.15) is 17.0 Å². The van der Waals surface area contributed by atoms with E-state index in [0.29, 0.717) is 5.56 Å². The van der Waals surface area contributed by atoms with Crippen molar-refractivity contribution in [1.82, 2.24) is 0 Å². The molecule has 0 bridgehead atoms. The van der Waals surface area contributed by atoms with Crippen LogP contribution in [0.4, 0.5) is 0 Å². The summed E-state index contributed by atoms with van der Waals surface area (Å²) in [7, 11) is 0. The van der Waals surface area contributed by atoms with Crippen molar-refractivity contribution in [2.45, 2.75) is 5.75 Å². The Morgan fingerprint density at radius 2 is 2.00 bits per heavy atom. The van der Waals surface area contributed by atoms with Gasteiger partial charge in [-0.25, -0.2) is 0 Å². The lowest BCUT2D eigenvalue weighted by Crippen LogP contribution is -2.01. The molecule has 0 aliphatic rings. The third kappa shape index (κ3) is 3.49. The van der Waals surface area contributed by atoms with Crippen molar-refractivity contribution < 1.29 is 0 Å². The lowest BCUT2D eigenvalue weighted by molar-refractivity contribution is 1.15. The summed E-state index contributed by atoms with van der Waals surface area (Å²) in [6.45, 7) is 0.723. The van der Waals surface area contributed by atoms with Crippen LogP contribution in [0.25, 0.3) is 0 Å². The predicted octanol–water partition coefficient (Wildman–Crippen LogP) is 1.75. The lowest BCUT2D eigenvalue weighted by Gasteiger charge is -1.99. The number of hydrogen-bond donors (Lipinski definition) is 1. The van der Waals surface area contributed by atoms with Crippen LogP contribution >= 0.6 is 11.8 Å². The van der Waals surface area contributed by atoms with E-state index in [9.17, 15) is 0 Å². The van der Waals surface area contributed by atoms with E-state index in [1.54, 1.807) is 0 Å². The monoisotopic (exact) mass is 192 g/mol. The van der Waals surface area contributed by atoms with E-state index >= 15 is 0 Å². The third-order valence-corrected chi connectivity index (χ3v) is 2.68. The minimum Gasteiger partial charge on any atom is -0.330 e. The summed E-state index contributed by atoms with van der Waals surface area (Å²) in [4.78, 5) is 0. The Kier molecular flexibility index (Phi) is 4.37. The topological polar surface area (TPSA) is 49.8 Å². The maximum Gasteiger partial charge on any atom is 0.0991 e. The van der Waals surface area contributed by atoms with Gasteiger partial charge in [-0.1, -0.05) is 12.1 Å². The molecule has 0 radical (unpaired) electrons. The quantitative estimate of drug-likeness (QED) is 0.739. The first-order valence-electron chi connectivity index (χ1n) is 4.13. The normalized spacial score (nSPS) is 9.54. The van der Waals surface area contributed by atoms with Gasteiger partial charge in [0, 0.05) is 18.1 Å². The summed E-state index contributed by atoms with van der Waals surface area (Å²) in [6.07, 6.45) is 0. The molecule has 1 aromatic carbocycles. The fourth-order valence-corrected chi connectivity index (χ4v) is 1.69. The second-order valence-corrected chi connectivity index (χ2v) is 3.76. The Labute approximate surface area is 82.7 Å². The zero-order chi connectivity index (χ0) is 9.52. The first kappa shape index (κ1) is 10.1. The number of thioether (sulfide) groups is 1. The molecular formula is C10H12N2S. The van der Waals surface area contributed by atoms with E-state index < -0.39 is 0 Å². The van der Waals surface area contributed by atoms with Crippen molar-refractivity contribution in [3.8, 4) is 6.07 Å². The van der Waals surface area contributed by atoms with E-state index in [1.165, 1.54) is 5.56 Å². The van der Waals surface area contributed by atoms with Crippen LogP contribution in [0.15, 0.2) is 24.3 Å². The Morgan fingerprint density at radius 3 is 2.54 bits per heavy atom. The summed E-state index contributed by atoms with van der Waals surface area (Å²) in [5.41, 5.74) is 7.34. The molecule has 68 valence electrons. The molecule has 0 aromatic heterocycles. The summed E-state index contributed by atoms with van der Waals surface area (Å²) in [5, 5.41) is 8.57. The van der Waals surface area contributed by atoms with Gasteiger partial charge in [0.1, 0.15) is 0 Å². The van der Waals surface area contributed by atoms with Gasteiger partial charge < -0.3 is 5.73 Å². The van der Waals surface area contributed by atoms with Crippen molar-refractivity contribution >= 4 is 11.8 Å². The highest BCUT2D eigenvalue weighted by atomic mass is 32.2. The molecule has 0 spiro atoms. The molecular weight excluding hydrogens is 180 g/mol. The number of nitrogens with two attached hydrogens (primary N) is 1. The standard InChI is InChI=1S/C10H12N2S/c11-5-6-13-8-10-3-1-9(7-12)2-4-10/h1-4H,5-6,8,11H2. The van der Waals surface area contributed by atoms with Crippen LogP contribution in [-0.4, -0.2) is 12.3 Å². The van der Waals surface area contributed by atoms with E-state index in [4.69, 9.17) is 11.0 Å². The molecule has 2 nitrogen and oxygen atoms in total. The van der Waals surface area contributed by atoms with Crippen molar-refractivity contribution in [3.63, 3.8) is 0 Å². The second-order valence-electron chi connectivity index (χ2n) is 2.65. The zero-order valence-electron chi connectivity index (χ0n) is 7.36. The number of rotatable bonds is 4. The summed E-state index contributed by atoms with van der Waals surface area (Å²) in [6, 6.07) is 9.76. The summed E-state index contributed by atoms with van der Waals surface area (Å²) in [5.74, 6) is 1.96. The lowest BCUT2D eigenvalue weighted by atomic mass is 10.2. The van der Waals surface area contributed by atoms with Gasteiger partial charge in [-0.3, -0.25) is 0 Å². The largest absolute Gasteiger partial charge is 0.330 e. The number of hydrogen-bond acceptors (Lipinski definition) is 3. The van der Waals surface area contributed by atoms with Gasteiger partial charge >= 0.3 is 0 Å². The fraction of sp³-hybridized carbons (Fsp3) is 0.300. The number of nitriles is 1. The zero-order valence-corrected chi connectivity index (χ0v) is 8.18. The van der Waals surface area contributed by atoms with Gasteiger partial charge in [-0.05, 0) is 17.7 Å². The molecule has 1 rings (SSSR count). The molecule has 0 fully saturated rings. The highest BCUT2D eigenvalue weighted by Gasteiger charge is 1.93. The van der Waals surface area contributed by atoms with Crippen LogP contribution in [0.5, 0.6) is 0 Å². The van der Waals surface area contributed by atoms with Crippen molar-refractivity contribution in [1.29, 1.82) is 5.26 Å². The highest BCUT2D eigenvalue weighted by molar-refractivity contribution is 7.98. The Balaban J connectivity index is 2.46. The molecule has 1 aromatic rings. The van der Waals surface area contributed by atoms with Gasteiger partial charge in [0.15, 0.2) is 0 Å². The predicted molar refractivity (Wildman–Crippen MR) is 56.4 cm³/mol. The SMILES string of the molecule is N#Cc1ccc(CSCCN)cc1. The smallest absolute Gasteiger partial charge is 0.0991 e. The van der Waals surface area contributed by atoms with E-state index in [2.05, 4.69) is 6.07 Å². The minimum atomic E-state index is 0.715. The van der Waals surface area contributed by atoms with Gasteiger partial charge in [0.2, 0.25) is 0 Å². The molecule has 0 heterocycles. The third-order valence-electron chi connectivity index (χ3n) is 1.61. The van der Waals surface area contributed by atoms with Crippen LogP contribution in [0.1, 0.15) is 11.1 Å². The van der Waals surface area contributed by atoms with Gasteiger partial charge in [0.25, 0.3) is 0 Å². The Morgan fingerprint density at radius 1 is 1.31 bits per heavy atom.